The zero-order valence-corrected chi connectivity index (χ0v) is 15.2. The van der Waals surface area contributed by atoms with E-state index in [4.69, 9.17) is 0 Å². The van der Waals surface area contributed by atoms with Gasteiger partial charge in [-0.15, -0.1) is 0 Å². The molecule has 1 amide bonds. The minimum absolute atomic E-state index is 0.129. The summed E-state index contributed by atoms with van der Waals surface area (Å²) in [6.07, 6.45) is 0.581. The SMILES string of the molecule is CC.CCNC1=C(Nc2cccc(C(=O)N(C)C)c2O)C(=O)C1C=O. The van der Waals surface area contributed by atoms with Gasteiger partial charge in [-0.25, -0.2) is 0 Å². The van der Waals surface area contributed by atoms with Crippen LogP contribution in [0.25, 0.3) is 0 Å². The molecule has 7 heteroatoms. The first-order valence-corrected chi connectivity index (χ1v) is 8.20. The van der Waals surface area contributed by atoms with Crippen LogP contribution < -0.4 is 10.6 Å². The maximum absolute atomic E-state index is 12.0. The Kier molecular flexibility index (Phi) is 7.17. The number of para-hydroxylation sites is 1. The number of amides is 1. The van der Waals surface area contributed by atoms with Gasteiger partial charge in [-0.2, -0.15) is 0 Å². The predicted octanol–water partition coefficient (Wildman–Crippen LogP) is 1.75. The first-order valence-electron chi connectivity index (χ1n) is 8.20. The first kappa shape index (κ1) is 20.2. The number of aromatic hydroxyl groups is 1. The summed E-state index contributed by atoms with van der Waals surface area (Å²) in [6, 6.07) is 4.66. The largest absolute Gasteiger partial charge is 0.505 e. The number of Topliss-reactive ketones (excluding diaryl/α,β-unsaturated/α-hetero) is 1. The van der Waals surface area contributed by atoms with Crippen molar-refractivity contribution >= 4 is 23.7 Å². The molecule has 0 heterocycles. The van der Waals surface area contributed by atoms with E-state index in [2.05, 4.69) is 10.6 Å². The van der Waals surface area contributed by atoms with Gasteiger partial charge in [-0.3, -0.25) is 9.59 Å². The number of phenolic OH excluding ortho intramolecular Hbond substituents is 1. The van der Waals surface area contributed by atoms with Crippen molar-refractivity contribution in [2.45, 2.75) is 20.8 Å². The third kappa shape index (κ3) is 3.99. The van der Waals surface area contributed by atoms with E-state index >= 15 is 0 Å². The zero-order valence-electron chi connectivity index (χ0n) is 15.2. The van der Waals surface area contributed by atoms with Crippen LogP contribution in [0.15, 0.2) is 29.6 Å². The number of benzene rings is 1. The highest BCUT2D eigenvalue weighted by Gasteiger charge is 2.39. The molecule has 0 spiro atoms. The lowest BCUT2D eigenvalue weighted by atomic mass is 9.85. The lowest BCUT2D eigenvalue weighted by molar-refractivity contribution is -0.125. The molecular weight excluding hydrogens is 322 g/mol. The summed E-state index contributed by atoms with van der Waals surface area (Å²) in [5.41, 5.74) is 1.09. The van der Waals surface area contributed by atoms with E-state index in [1.807, 2.05) is 20.8 Å². The molecule has 1 unspecified atom stereocenters. The fraction of sp³-hybridized carbons (Fsp3) is 0.389. The van der Waals surface area contributed by atoms with Crippen molar-refractivity contribution in [3.8, 4) is 5.75 Å². The van der Waals surface area contributed by atoms with Crippen LogP contribution in [0.2, 0.25) is 0 Å². The quantitative estimate of drug-likeness (QED) is 0.412. The summed E-state index contributed by atoms with van der Waals surface area (Å²) in [5.74, 6) is -1.74. The summed E-state index contributed by atoms with van der Waals surface area (Å²) in [4.78, 5) is 36.3. The first-order chi connectivity index (χ1) is 11.9. The van der Waals surface area contributed by atoms with Gasteiger partial charge in [-0.1, -0.05) is 19.9 Å². The fourth-order valence-electron chi connectivity index (χ4n) is 2.34. The number of aldehydes is 1. The second-order valence-electron chi connectivity index (χ2n) is 5.32. The van der Waals surface area contributed by atoms with E-state index in [9.17, 15) is 19.5 Å². The summed E-state index contributed by atoms with van der Waals surface area (Å²) in [6.45, 7) is 6.41. The molecular formula is C18H25N3O4. The van der Waals surface area contributed by atoms with Gasteiger partial charge in [0.15, 0.2) is 11.5 Å². The van der Waals surface area contributed by atoms with E-state index in [0.29, 0.717) is 18.5 Å². The molecule has 1 aromatic carbocycles. The number of nitrogens with one attached hydrogen (secondary N) is 2. The van der Waals surface area contributed by atoms with Crippen LogP contribution in [0, 0.1) is 5.92 Å². The molecule has 0 bridgehead atoms. The summed E-state index contributed by atoms with van der Waals surface area (Å²) < 4.78 is 0. The van der Waals surface area contributed by atoms with Gasteiger partial charge in [-0.05, 0) is 19.1 Å². The average molecular weight is 347 g/mol. The molecule has 136 valence electrons. The lowest BCUT2D eigenvalue weighted by Crippen LogP contribution is -2.42. The smallest absolute Gasteiger partial charge is 0.257 e. The normalized spacial score (nSPS) is 15.6. The molecule has 0 radical (unpaired) electrons. The standard InChI is InChI=1S/C16H19N3O4.C2H6/c1-4-17-12-10(8-20)15(22)13(12)18-11-7-5-6-9(14(11)21)16(23)19(2)3;1-2/h5-8,10,17-18,21H,4H2,1-3H3;1-2H3. The number of nitrogens with zero attached hydrogens (tertiary/aromatic N) is 1. The Morgan fingerprint density at radius 3 is 2.48 bits per heavy atom. The van der Waals surface area contributed by atoms with Crippen molar-refractivity contribution < 1.29 is 19.5 Å². The molecule has 1 aromatic rings. The highest BCUT2D eigenvalue weighted by Crippen LogP contribution is 2.34. The van der Waals surface area contributed by atoms with Crippen molar-refractivity contribution in [1.82, 2.24) is 10.2 Å². The number of allylic oxidation sites excluding steroid dienone is 2. The van der Waals surface area contributed by atoms with Gasteiger partial charge < -0.3 is 25.4 Å². The molecule has 0 aliphatic heterocycles. The zero-order chi connectivity index (χ0) is 19.1. The molecule has 0 fully saturated rings. The third-order valence-corrected chi connectivity index (χ3v) is 3.54. The number of ketones is 1. The van der Waals surface area contributed by atoms with Gasteiger partial charge in [0.05, 0.1) is 16.9 Å². The third-order valence-electron chi connectivity index (χ3n) is 3.54. The topological polar surface area (TPSA) is 98.7 Å². The van der Waals surface area contributed by atoms with E-state index in [-0.39, 0.29) is 34.4 Å². The van der Waals surface area contributed by atoms with Crippen LogP contribution in [-0.2, 0) is 9.59 Å². The number of phenols is 1. The minimum atomic E-state index is -0.800. The Morgan fingerprint density at radius 2 is 1.96 bits per heavy atom. The molecule has 0 saturated heterocycles. The van der Waals surface area contributed by atoms with Crippen molar-refractivity contribution in [2.75, 3.05) is 26.0 Å². The van der Waals surface area contributed by atoms with Crippen molar-refractivity contribution in [2.24, 2.45) is 5.92 Å². The number of hydrogen-bond acceptors (Lipinski definition) is 6. The monoisotopic (exact) mass is 347 g/mol. The van der Waals surface area contributed by atoms with Gasteiger partial charge in [0.2, 0.25) is 0 Å². The summed E-state index contributed by atoms with van der Waals surface area (Å²) in [5, 5.41) is 16.1. The lowest BCUT2D eigenvalue weighted by Gasteiger charge is -2.29. The molecule has 3 N–H and O–H groups in total. The van der Waals surface area contributed by atoms with Crippen LogP contribution in [0.5, 0.6) is 5.75 Å². The van der Waals surface area contributed by atoms with Crippen molar-refractivity contribution in [1.29, 1.82) is 0 Å². The minimum Gasteiger partial charge on any atom is -0.505 e. The highest BCUT2D eigenvalue weighted by atomic mass is 16.3. The highest BCUT2D eigenvalue weighted by molar-refractivity contribution is 6.16. The number of hydrogen-bond donors (Lipinski definition) is 3. The van der Waals surface area contributed by atoms with E-state index < -0.39 is 5.92 Å². The van der Waals surface area contributed by atoms with Crippen molar-refractivity contribution in [3.05, 3.63) is 35.2 Å². The maximum atomic E-state index is 12.0. The van der Waals surface area contributed by atoms with Gasteiger partial charge in [0.25, 0.3) is 5.91 Å². The Bertz CT molecular complexity index is 696. The van der Waals surface area contributed by atoms with E-state index in [1.54, 1.807) is 26.2 Å². The number of rotatable bonds is 6. The molecule has 0 saturated carbocycles. The van der Waals surface area contributed by atoms with Crippen molar-refractivity contribution in [3.63, 3.8) is 0 Å². The maximum Gasteiger partial charge on any atom is 0.257 e. The van der Waals surface area contributed by atoms with Gasteiger partial charge in [0, 0.05) is 20.6 Å². The molecule has 25 heavy (non-hydrogen) atoms. The van der Waals surface area contributed by atoms with Gasteiger partial charge >= 0.3 is 0 Å². The Balaban J connectivity index is 0.00000151. The van der Waals surface area contributed by atoms with Crippen LogP contribution in [0.1, 0.15) is 31.1 Å². The Morgan fingerprint density at radius 1 is 1.32 bits per heavy atom. The Hall–Kier alpha value is -2.83. The predicted molar refractivity (Wildman–Crippen MR) is 96.4 cm³/mol. The van der Waals surface area contributed by atoms with Crippen LogP contribution in [-0.4, -0.2) is 48.6 Å². The summed E-state index contributed by atoms with van der Waals surface area (Å²) >= 11 is 0. The van der Waals surface area contributed by atoms with Crippen LogP contribution in [0.4, 0.5) is 5.69 Å². The second-order valence-corrected chi connectivity index (χ2v) is 5.32. The number of carbonyl (C=O) groups excluding carboxylic acids is 3. The Labute approximate surface area is 147 Å². The van der Waals surface area contributed by atoms with E-state index in [0.717, 1.165) is 0 Å². The van der Waals surface area contributed by atoms with Gasteiger partial charge in [0.1, 0.15) is 17.9 Å². The molecule has 1 aliphatic rings. The number of carbonyl (C=O) groups is 3. The summed E-state index contributed by atoms with van der Waals surface area (Å²) in [7, 11) is 3.16. The molecule has 7 nitrogen and oxygen atoms in total. The molecule has 2 rings (SSSR count). The molecule has 1 atom stereocenters. The second kappa shape index (κ2) is 8.86. The van der Waals surface area contributed by atoms with E-state index in [1.165, 1.54) is 11.0 Å². The van der Waals surface area contributed by atoms with Crippen LogP contribution in [0.3, 0.4) is 0 Å². The average Bonchev–Trinajstić information content (AvgIpc) is 2.61. The molecule has 0 aromatic heterocycles. The van der Waals surface area contributed by atoms with Crippen LogP contribution >= 0.6 is 0 Å². The molecule has 1 aliphatic carbocycles. The number of anilines is 1. The fourth-order valence-corrected chi connectivity index (χ4v) is 2.34.